The minimum Gasteiger partial charge on any atom is -0.465 e. The summed E-state index contributed by atoms with van der Waals surface area (Å²) in [6, 6.07) is 4.15. The van der Waals surface area contributed by atoms with Crippen LogP contribution in [-0.4, -0.2) is 5.16 Å². The number of nitrogens with one attached hydrogen (secondary N) is 1. The number of hydrogen-bond acceptors (Lipinski definition) is 4. The Morgan fingerprint density at radius 3 is 2.59 bits per heavy atom. The Hall–Kier alpha value is -1.55. The zero-order chi connectivity index (χ0) is 12.4. The summed E-state index contributed by atoms with van der Waals surface area (Å²) in [5.74, 6) is 2.76. The van der Waals surface area contributed by atoms with Gasteiger partial charge in [-0.1, -0.05) is 5.16 Å². The second-order valence-corrected chi connectivity index (χ2v) is 4.35. The van der Waals surface area contributed by atoms with Crippen LogP contribution in [0.3, 0.4) is 0 Å². The van der Waals surface area contributed by atoms with Crippen LogP contribution in [0.1, 0.15) is 41.5 Å². The molecular formula is C13H18N2O2. The molecule has 4 nitrogen and oxygen atoms in total. The van der Waals surface area contributed by atoms with Gasteiger partial charge in [-0.05, 0) is 39.8 Å². The Balaban J connectivity index is 1.99. The second kappa shape index (κ2) is 4.75. The third-order valence-electron chi connectivity index (χ3n) is 2.95. The fraction of sp³-hybridized carbons (Fsp3) is 0.462. The summed E-state index contributed by atoms with van der Waals surface area (Å²) in [7, 11) is 0. The van der Waals surface area contributed by atoms with Crippen LogP contribution in [0.4, 0.5) is 0 Å². The van der Waals surface area contributed by atoms with E-state index >= 15 is 0 Å². The molecule has 0 aromatic carbocycles. The first-order chi connectivity index (χ1) is 8.08. The smallest absolute Gasteiger partial charge is 0.138 e. The zero-order valence-corrected chi connectivity index (χ0v) is 10.7. The molecule has 0 aliphatic heterocycles. The largest absolute Gasteiger partial charge is 0.465 e. The van der Waals surface area contributed by atoms with Crippen molar-refractivity contribution >= 4 is 0 Å². The van der Waals surface area contributed by atoms with Gasteiger partial charge in [0.1, 0.15) is 17.3 Å². The number of aromatic nitrogens is 1. The quantitative estimate of drug-likeness (QED) is 0.883. The van der Waals surface area contributed by atoms with Crippen molar-refractivity contribution in [3.05, 3.63) is 40.7 Å². The maximum Gasteiger partial charge on any atom is 0.138 e. The van der Waals surface area contributed by atoms with Gasteiger partial charge in [0.15, 0.2) is 0 Å². The SMILES string of the molecule is Cc1ccc(C(C)NCc2c(C)noc2C)o1. The first-order valence-electron chi connectivity index (χ1n) is 5.79. The highest BCUT2D eigenvalue weighted by Crippen LogP contribution is 2.18. The Bertz CT molecular complexity index is 480. The van der Waals surface area contributed by atoms with Crippen molar-refractivity contribution in [3.63, 3.8) is 0 Å². The molecule has 0 saturated carbocycles. The van der Waals surface area contributed by atoms with E-state index in [1.165, 1.54) is 0 Å². The summed E-state index contributed by atoms with van der Waals surface area (Å²) < 4.78 is 10.7. The highest BCUT2D eigenvalue weighted by molar-refractivity contribution is 5.20. The van der Waals surface area contributed by atoms with Crippen LogP contribution < -0.4 is 5.32 Å². The monoisotopic (exact) mass is 234 g/mol. The molecule has 0 aliphatic rings. The summed E-state index contributed by atoms with van der Waals surface area (Å²) in [6.45, 7) is 8.65. The highest BCUT2D eigenvalue weighted by Gasteiger charge is 2.12. The van der Waals surface area contributed by atoms with E-state index in [0.29, 0.717) is 0 Å². The Labute approximate surface area is 101 Å². The number of hydrogen-bond donors (Lipinski definition) is 1. The van der Waals surface area contributed by atoms with E-state index in [1.54, 1.807) is 0 Å². The molecule has 0 aliphatic carbocycles. The van der Waals surface area contributed by atoms with E-state index in [1.807, 2.05) is 32.9 Å². The molecule has 2 aromatic rings. The molecule has 17 heavy (non-hydrogen) atoms. The molecule has 0 bridgehead atoms. The average molecular weight is 234 g/mol. The number of rotatable bonds is 4. The van der Waals surface area contributed by atoms with Crippen LogP contribution in [0, 0.1) is 20.8 Å². The van der Waals surface area contributed by atoms with Crippen LogP contribution in [0.2, 0.25) is 0 Å². The van der Waals surface area contributed by atoms with Crippen LogP contribution in [0.5, 0.6) is 0 Å². The van der Waals surface area contributed by atoms with E-state index in [2.05, 4.69) is 17.4 Å². The molecular weight excluding hydrogens is 216 g/mol. The van der Waals surface area contributed by atoms with Gasteiger partial charge in [-0.2, -0.15) is 0 Å². The predicted molar refractivity (Wildman–Crippen MR) is 64.7 cm³/mol. The van der Waals surface area contributed by atoms with Crippen LogP contribution >= 0.6 is 0 Å². The van der Waals surface area contributed by atoms with Gasteiger partial charge in [-0.25, -0.2) is 0 Å². The first-order valence-corrected chi connectivity index (χ1v) is 5.79. The lowest BCUT2D eigenvalue weighted by atomic mass is 10.2. The molecule has 1 unspecified atom stereocenters. The van der Waals surface area contributed by atoms with Gasteiger partial charge in [-0.15, -0.1) is 0 Å². The van der Waals surface area contributed by atoms with E-state index in [9.17, 15) is 0 Å². The minimum absolute atomic E-state index is 0.178. The third-order valence-corrected chi connectivity index (χ3v) is 2.95. The lowest BCUT2D eigenvalue weighted by molar-refractivity contribution is 0.389. The fourth-order valence-corrected chi connectivity index (χ4v) is 1.80. The zero-order valence-electron chi connectivity index (χ0n) is 10.7. The van der Waals surface area contributed by atoms with E-state index in [4.69, 9.17) is 8.94 Å². The molecule has 1 atom stereocenters. The maximum atomic E-state index is 5.57. The van der Waals surface area contributed by atoms with Crippen LogP contribution in [0.25, 0.3) is 0 Å². The molecule has 2 rings (SSSR count). The Morgan fingerprint density at radius 1 is 1.29 bits per heavy atom. The molecule has 2 heterocycles. The lowest BCUT2D eigenvalue weighted by Gasteiger charge is -2.10. The molecule has 4 heteroatoms. The van der Waals surface area contributed by atoms with E-state index in [-0.39, 0.29) is 6.04 Å². The summed E-state index contributed by atoms with van der Waals surface area (Å²) in [6.07, 6.45) is 0. The molecule has 0 amide bonds. The molecule has 0 saturated heterocycles. The van der Waals surface area contributed by atoms with Gasteiger partial charge >= 0.3 is 0 Å². The Morgan fingerprint density at radius 2 is 2.06 bits per heavy atom. The number of nitrogens with zero attached hydrogens (tertiary/aromatic N) is 1. The standard InChI is InChI=1S/C13H18N2O2/c1-8-5-6-13(16-8)10(3)14-7-12-9(2)15-17-11(12)4/h5-6,10,14H,7H2,1-4H3. The van der Waals surface area contributed by atoms with Crippen molar-refractivity contribution in [3.8, 4) is 0 Å². The molecule has 2 aromatic heterocycles. The molecule has 0 spiro atoms. The fourth-order valence-electron chi connectivity index (χ4n) is 1.80. The van der Waals surface area contributed by atoms with Gasteiger partial charge < -0.3 is 14.3 Å². The number of aryl methyl sites for hydroxylation is 3. The second-order valence-electron chi connectivity index (χ2n) is 4.35. The number of furan rings is 1. The van der Waals surface area contributed by atoms with Crippen LogP contribution in [0.15, 0.2) is 21.1 Å². The van der Waals surface area contributed by atoms with Gasteiger partial charge in [0, 0.05) is 12.1 Å². The van der Waals surface area contributed by atoms with Crippen molar-refractivity contribution < 1.29 is 8.94 Å². The van der Waals surface area contributed by atoms with Crippen molar-refractivity contribution in [2.45, 2.75) is 40.3 Å². The first kappa shape index (κ1) is 11.9. The van der Waals surface area contributed by atoms with Crippen molar-refractivity contribution in [1.29, 1.82) is 0 Å². The van der Waals surface area contributed by atoms with Gasteiger partial charge in [0.05, 0.1) is 11.7 Å². The molecule has 0 fully saturated rings. The predicted octanol–water partition coefficient (Wildman–Crippen LogP) is 3.04. The lowest BCUT2D eigenvalue weighted by Crippen LogP contribution is -2.18. The van der Waals surface area contributed by atoms with Crippen molar-refractivity contribution in [2.75, 3.05) is 0 Å². The van der Waals surface area contributed by atoms with Gasteiger partial charge in [0.2, 0.25) is 0 Å². The summed E-state index contributed by atoms with van der Waals surface area (Å²) in [5, 5.41) is 7.34. The summed E-state index contributed by atoms with van der Waals surface area (Å²) in [5.41, 5.74) is 2.07. The molecule has 1 N–H and O–H groups in total. The summed E-state index contributed by atoms with van der Waals surface area (Å²) >= 11 is 0. The molecule has 92 valence electrons. The normalized spacial score (nSPS) is 12.9. The van der Waals surface area contributed by atoms with Gasteiger partial charge in [-0.3, -0.25) is 0 Å². The van der Waals surface area contributed by atoms with E-state index < -0.39 is 0 Å². The topological polar surface area (TPSA) is 51.2 Å². The Kier molecular flexibility index (Phi) is 3.33. The van der Waals surface area contributed by atoms with Crippen molar-refractivity contribution in [2.24, 2.45) is 0 Å². The van der Waals surface area contributed by atoms with Crippen molar-refractivity contribution in [1.82, 2.24) is 10.5 Å². The minimum atomic E-state index is 0.178. The summed E-state index contributed by atoms with van der Waals surface area (Å²) in [4.78, 5) is 0. The maximum absolute atomic E-state index is 5.57. The third kappa shape index (κ3) is 2.58. The van der Waals surface area contributed by atoms with Crippen LogP contribution in [-0.2, 0) is 6.54 Å². The average Bonchev–Trinajstić information content (AvgIpc) is 2.84. The highest BCUT2D eigenvalue weighted by atomic mass is 16.5. The van der Waals surface area contributed by atoms with E-state index in [0.717, 1.165) is 35.1 Å². The molecule has 0 radical (unpaired) electrons. The van der Waals surface area contributed by atoms with Gasteiger partial charge in [0.25, 0.3) is 0 Å².